The number of benzene rings is 2. The Labute approximate surface area is 189 Å². The predicted molar refractivity (Wildman–Crippen MR) is 125 cm³/mol. The Morgan fingerprint density at radius 3 is 2.53 bits per heavy atom. The van der Waals surface area contributed by atoms with Gasteiger partial charge in [0.25, 0.3) is 0 Å². The second-order valence-electron chi connectivity index (χ2n) is 7.76. The fraction of sp³-hybridized carbons (Fsp3) is 0.304. The van der Waals surface area contributed by atoms with Gasteiger partial charge in [0.2, 0.25) is 5.95 Å². The molecule has 0 radical (unpaired) electrons. The molecular weight excluding hydrogens is 426 g/mol. The van der Waals surface area contributed by atoms with Gasteiger partial charge in [-0.1, -0.05) is 34.0 Å². The Morgan fingerprint density at radius 1 is 1.09 bits per heavy atom. The van der Waals surface area contributed by atoms with Gasteiger partial charge in [-0.15, -0.1) is 4.72 Å². The summed E-state index contributed by atoms with van der Waals surface area (Å²) >= 11 is 0. The number of nitrogens with zero attached hydrogens (tertiary/aromatic N) is 3. The minimum atomic E-state index is -3.53. The van der Waals surface area contributed by atoms with Crippen LogP contribution in [0.5, 0.6) is 5.75 Å². The Balaban J connectivity index is 1.37. The van der Waals surface area contributed by atoms with Gasteiger partial charge in [-0.2, -0.15) is 4.98 Å². The summed E-state index contributed by atoms with van der Waals surface area (Å²) in [7, 11) is -1.90. The maximum Gasteiger partial charge on any atom is 0.227 e. The van der Waals surface area contributed by atoms with E-state index in [2.05, 4.69) is 24.9 Å². The van der Waals surface area contributed by atoms with E-state index in [4.69, 9.17) is 4.74 Å². The largest absolute Gasteiger partial charge is 0.593 e. The van der Waals surface area contributed by atoms with Gasteiger partial charge < -0.3 is 19.5 Å². The second-order valence-corrected chi connectivity index (χ2v) is 9.48. The molecule has 1 aliphatic rings. The summed E-state index contributed by atoms with van der Waals surface area (Å²) in [6.45, 7) is 3.26. The zero-order valence-corrected chi connectivity index (χ0v) is 19.0. The number of hydrogen-bond donors (Lipinski definition) is 2. The molecule has 0 saturated carbocycles. The number of methoxy groups -OCH3 is 1. The first-order chi connectivity index (χ1) is 15.4. The van der Waals surface area contributed by atoms with Gasteiger partial charge in [0.1, 0.15) is 11.6 Å². The highest BCUT2D eigenvalue weighted by Crippen LogP contribution is 2.27. The van der Waals surface area contributed by atoms with Crippen LogP contribution in [0.15, 0.2) is 65.7 Å². The fourth-order valence-electron chi connectivity index (χ4n) is 3.66. The fourth-order valence-corrected chi connectivity index (χ4v) is 4.96. The molecule has 4 rings (SSSR count). The van der Waals surface area contributed by atoms with Gasteiger partial charge in [0.15, 0.2) is 15.3 Å². The van der Waals surface area contributed by atoms with Gasteiger partial charge in [-0.3, -0.25) is 0 Å². The topological polar surface area (TPSA) is 102 Å². The van der Waals surface area contributed by atoms with E-state index in [0.717, 1.165) is 17.0 Å². The molecule has 9 heteroatoms. The third-order valence-electron chi connectivity index (χ3n) is 5.44. The Bertz CT molecular complexity index is 1100. The number of ether oxygens (including phenoxy) is 1. The molecule has 0 amide bonds. The molecule has 2 N–H and O–H groups in total. The zero-order valence-electron chi connectivity index (χ0n) is 18.2. The van der Waals surface area contributed by atoms with Gasteiger partial charge >= 0.3 is 0 Å². The van der Waals surface area contributed by atoms with Crippen molar-refractivity contribution in [3.05, 3.63) is 66.4 Å². The Hall–Kier alpha value is -3.01. The maximum absolute atomic E-state index is 12.7. The number of hydrogen-bond acceptors (Lipinski definition) is 7. The van der Waals surface area contributed by atoms with E-state index in [1.54, 1.807) is 43.6 Å². The number of aromatic nitrogens is 2. The Morgan fingerprint density at radius 2 is 1.81 bits per heavy atom. The molecule has 2 heterocycles. The minimum absolute atomic E-state index is 0.118. The van der Waals surface area contributed by atoms with Crippen LogP contribution in [0.2, 0.25) is 0 Å². The maximum atomic E-state index is 12.7. The van der Waals surface area contributed by atoms with Crippen LogP contribution >= 0.6 is 0 Å². The molecule has 0 bridgehead atoms. The van der Waals surface area contributed by atoms with Crippen LogP contribution in [0, 0.1) is 6.92 Å². The van der Waals surface area contributed by atoms with E-state index < -0.39 is 10.4 Å². The molecule has 2 aromatic carbocycles. The first-order valence-electron chi connectivity index (χ1n) is 10.5. The van der Waals surface area contributed by atoms with Crippen molar-refractivity contribution in [3.8, 4) is 5.75 Å². The predicted octanol–water partition coefficient (Wildman–Crippen LogP) is 3.70. The van der Waals surface area contributed by atoms with E-state index >= 15 is 0 Å². The lowest BCUT2D eigenvalue weighted by Crippen LogP contribution is -2.47. The van der Waals surface area contributed by atoms with Crippen LogP contribution in [0.4, 0.5) is 17.5 Å². The second kappa shape index (κ2) is 9.64. The molecule has 3 aromatic rings. The molecular formula is C23H27N5O3S. The standard InChI is InChI=1S/C23H27N5O3S/c1-17-7-9-19(10-8-17)32(29,30)27-18-12-15-28(16-13-18)23-24-14-11-22(26-23)25-20-5-3-4-6-21(20)31-2/h3-11,14,18H,12-13,15-16H2,1-2H3,(H2-,24,25,26,27,29,30). The minimum Gasteiger partial charge on any atom is -0.593 e. The average molecular weight is 454 g/mol. The summed E-state index contributed by atoms with van der Waals surface area (Å²) < 4.78 is 33.6. The first kappa shape index (κ1) is 22.2. The highest BCUT2D eigenvalue weighted by atomic mass is 32.3. The van der Waals surface area contributed by atoms with Crippen molar-refractivity contribution in [2.45, 2.75) is 30.7 Å². The summed E-state index contributed by atoms with van der Waals surface area (Å²) in [5.74, 6) is 2.01. The van der Waals surface area contributed by atoms with E-state index in [0.29, 0.717) is 42.6 Å². The molecule has 1 aromatic heterocycles. The molecule has 0 aliphatic carbocycles. The molecule has 1 saturated heterocycles. The van der Waals surface area contributed by atoms with Gasteiger partial charge in [0, 0.05) is 19.3 Å². The van der Waals surface area contributed by atoms with Crippen molar-refractivity contribution < 1.29 is 13.5 Å². The molecule has 1 fully saturated rings. The summed E-state index contributed by atoms with van der Waals surface area (Å²) in [6.07, 6.45) is 3.07. The van der Waals surface area contributed by atoms with Crippen molar-refractivity contribution in [2.75, 3.05) is 30.4 Å². The number of sulfonamides is 1. The molecule has 1 unspecified atom stereocenters. The van der Waals surface area contributed by atoms with Crippen LogP contribution in [-0.2, 0) is 14.6 Å². The third-order valence-corrected chi connectivity index (χ3v) is 6.98. The van der Waals surface area contributed by atoms with Crippen LogP contribution < -0.4 is 19.7 Å². The smallest absolute Gasteiger partial charge is 0.227 e. The highest BCUT2D eigenvalue weighted by Gasteiger charge is 2.29. The number of anilines is 3. The SMILES string of the molecule is COc1ccccc1Nc1ccnc(N2CCC(N[S+](=O)([O-])c3ccc(C)cc3)CC2)n1. The normalized spacial score (nSPS) is 16.4. The lowest BCUT2D eigenvalue weighted by Gasteiger charge is -2.32. The Kier molecular flexibility index (Phi) is 6.69. The highest BCUT2D eigenvalue weighted by molar-refractivity contribution is 7.95. The number of aryl methyl sites for hydroxylation is 1. The summed E-state index contributed by atoms with van der Waals surface area (Å²) in [6, 6.07) is 16.2. The number of nitrogens with one attached hydrogen (secondary N) is 2. The van der Waals surface area contributed by atoms with Crippen LogP contribution in [0.1, 0.15) is 18.4 Å². The number of piperidine rings is 1. The quantitative estimate of drug-likeness (QED) is 0.526. The summed E-state index contributed by atoms with van der Waals surface area (Å²) in [4.78, 5) is 11.4. The lowest BCUT2D eigenvalue weighted by molar-refractivity contribution is 0.416. The molecule has 32 heavy (non-hydrogen) atoms. The van der Waals surface area contributed by atoms with Gasteiger partial charge in [0.05, 0.1) is 18.8 Å². The summed E-state index contributed by atoms with van der Waals surface area (Å²) in [5.41, 5.74) is 1.85. The zero-order chi connectivity index (χ0) is 22.6. The monoisotopic (exact) mass is 453 g/mol. The molecule has 8 nitrogen and oxygen atoms in total. The molecule has 1 atom stereocenters. The van der Waals surface area contributed by atoms with Gasteiger partial charge in [-0.05, 0) is 50.1 Å². The van der Waals surface area contributed by atoms with Crippen LogP contribution in [0.25, 0.3) is 0 Å². The van der Waals surface area contributed by atoms with E-state index in [-0.39, 0.29) is 6.04 Å². The third kappa shape index (κ3) is 5.24. The van der Waals surface area contributed by atoms with Crippen LogP contribution in [-0.4, -0.2) is 40.8 Å². The van der Waals surface area contributed by atoms with Crippen molar-refractivity contribution in [3.63, 3.8) is 0 Å². The van der Waals surface area contributed by atoms with Crippen LogP contribution in [0.3, 0.4) is 0 Å². The van der Waals surface area contributed by atoms with Crippen molar-refractivity contribution in [1.29, 1.82) is 0 Å². The van der Waals surface area contributed by atoms with E-state index in [9.17, 15) is 8.76 Å². The van der Waals surface area contributed by atoms with Crippen molar-refractivity contribution >= 4 is 27.9 Å². The van der Waals surface area contributed by atoms with Crippen molar-refractivity contribution in [1.82, 2.24) is 14.7 Å². The molecule has 0 spiro atoms. The molecule has 1 aliphatic heterocycles. The number of para-hydroxylation sites is 2. The van der Waals surface area contributed by atoms with E-state index in [1.807, 2.05) is 31.2 Å². The first-order valence-corrected chi connectivity index (χ1v) is 12.0. The van der Waals surface area contributed by atoms with Gasteiger partial charge in [-0.25, -0.2) is 4.98 Å². The number of rotatable bonds is 7. The average Bonchev–Trinajstić information content (AvgIpc) is 2.80. The van der Waals surface area contributed by atoms with Crippen molar-refractivity contribution in [2.24, 2.45) is 0 Å². The lowest BCUT2D eigenvalue weighted by atomic mass is 10.1. The summed E-state index contributed by atoms with van der Waals surface area (Å²) in [5, 5.41) is 3.27. The van der Waals surface area contributed by atoms with E-state index in [1.165, 1.54) is 0 Å². The molecule has 168 valence electrons.